The third kappa shape index (κ3) is 8.83. The number of carbonyl (C=O) groups is 1. The second-order valence-corrected chi connectivity index (χ2v) is 10.1. The number of rotatable bonds is 9. The van der Waals surface area contributed by atoms with Gasteiger partial charge in [-0.2, -0.15) is 4.31 Å². The zero-order valence-electron chi connectivity index (χ0n) is 19.7. The van der Waals surface area contributed by atoms with Crippen molar-refractivity contribution in [1.82, 2.24) is 4.31 Å². The molecule has 10 heteroatoms. The van der Waals surface area contributed by atoms with Crippen LogP contribution in [-0.2, 0) is 14.8 Å². The number of nitrogens with one attached hydrogen (secondary N) is 1. The Morgan fingerprint density at radius 2 is 1.52 bits per heavy atom. The van der Waals surface area contributed by atoms with Gasteiger partial charge in [0.25, 0.3) is 5.97 Å². The highest BCUT2D eigenvalue weighted by Crippen LogP contribution is 2.20. The van der Waals surface area contributed by atoms with Gasteiger partial charge in [-0.25, -0.2) is 8.42 Å². The molecule has 0 aliphatic carbocycles. The fourth-order valence-corrected chi connectivity index (χ4v) is 4.18. The first-order valence-corrected chi connectivity index (χ1v) is 11.8. The highest BCUT2D eigenvalue weighted by molar-refractivity contribution is 7.89. The minimum atomic E-state index is -3.67. The van der Waals surface area contributed by atoms with E-state index in [4.69, 9.17) is 21.0 Å². The number of anilines is 1. The van der Waals surface area contributed by atoms with Crippen molar-refractivity contribution < 1.29 is 23.4 Å². The molecule has 0 spiro atoms. The minimum absolute atomic E-state index is 0.00695. The van der Waals surface area contributed by atoms with Crippen LogP contribution in [-0.4, -0.2) is 68.0 Å². The summed E-state index contributed by atoms with van der Waals surface area (Å²) >= 11 is 0. The average molecular weight is 479 g/mol. The van der Waals surface area contributed by atoms with Crippen LogP contribution in [0, 0.1) is 5.41 Å². The van der Waals surface area contributed by atoms with Crippen LogP contribution >= 0.6 is 0 Å². The molecule has 0 fully saturated rings. The molecule has 0 bridgehead atoms. The number of nitrogen functional groups attached to an aromatic ring is 1. The number of benzene rings is 2. The monoisotopic (exact) mass is 478 g/mol. The number of nitrogens with two attached hydrogens (primary N) is 1. The van der Waals surface area contributed by atoms with Crippen LogP contribution in [0.2, 0.25) is 0 Å². The van der Waals surface area contributed by atoms with Gasteiger partial charge in [0.15, 0.2) is 0 Å². The Labute approximate surface area is 196 Å². The van der Waals surface area contributed by atoms with Gasteiger partial charge in [-0.15, -0.1) is 0 Å². The van der Waals surface area contributed by atoms with Gasteiger partial charge in [-0.3, -0.25) is 10.2 Å². The van der Waals surface area contributed by atoms with Crippen molar-refractivity contribution in [3.63, 3.8) is 0 Å². The molecule has 2 aromatic carbocycles. The summed E-state index contributed by atoms with van der Waals surface area (Å²) in [5.41, 5.74) is 7.99. The number of nitrogens with zero attached hydrogens (tertiary/aromatic N) is 2. The number of likely N-dealkylation sites (N-methyl/N-ethyl adjacent to an activating group) is 2. The van der Waals surface area contributed by atoms with Crippen molar-refractivity contribution in [1.29, 1.82) is 5.41 Å². The molecule has 182 valence electrons. The van der Waals surface area contributed by atoms with Crippen LogP contribution in [0.25, 0.3) is 0 Å². The molecule has 2 rings (SSSR count). The molecule has 0 aliphatic heterocycles. The Hall–Kier alpha value is -2.95. The average Bonchev–Trinajstić information content (AvgIpc) is 2.73. The van der Waals surface area contributed by atoms with Crippen molar-refractivity contribution in [2.75, 3.05) is 32.1 Å². The van der Waals surface area contributed by atoms with Gasteiger partial charge < -0.3 is 20.8 Å². The summed E-state index contributed by atoms with van der Waals surface area (Å²) in [5, 5.41) is 25.3. The van der Waals surface area contributed by atoms with Gasteiger partial charge in [-0.05, 0) is 47.9 Å². The molecule has 0 heterocycles. The standard InChI is InChI=1S/C21H30N4O3S.C2H4O2/c1-15(2)16-7-11-20(12-8-16)29(27,28)25(4)14-19(26)13-24(3)18-9-5-17(6-10-18)21(22)23;1-2(3)4/h5-12,15,19,26H,13-14H2,1-4H3,(H3,22,23);1H3,(H,3,4). The number of amidine groups is 1. The number of aliphatic hydroxyl groups is 1. The highest BCUT2D eigenvalue weighted by atomic mass is 32.2. The fraction of sp³-hybridized carbons (Fsp3) is 0.391. The third-order valence-corrected chi connectivity index (χ3v) is 6.66. The molecular formula is C23H34N4O5S. The van der Waals surface area contributed by atoms with Crippen LogP contribution in [0.5, 0.6) is 0 Å². The van der Waals surface area contributed by atoms with E-state index in [1.165, 1.54) is 11.4 Å². The molecule has 0 saturated heterocycles. The van der Waals surface area contributed by atoms with Crippen molar-refractivity contribution in [2.45, 2.75) is 37.7 Å². The lowest BCUT2D eigenvalue weighted by Gasteiger charge is -2.26. The third-order valence-electron chi connectivity index (χ3n) is 4.83. The van der Waals surface area contributed by atoms with Crippen LogP contribution in [0.15, 0.2) is 53.4 Å². The van der Waals surface area contributed by atoms with Crippen molar-refractivity contribution >= 4 is 27.5 Å². The number of aliphatic carboxylic acids is 1. The van der Waals surface area contributed by atoms with Gasteiger partial charge in [0, 0.05) is 45.4 Å². The second kappa shape index (κ2) is 12.3. The van der Waals surface area contributed by atoms with Gasteiger partial charge in [0.1, 0.15) is 5.84 Å². The Morgan fingerprint density at radius 3 is 1.94 bits per heavy atom. The van der Waals surface area contributed by atoms with Crippen LogP contribution in [0.4, 0.5) is 5.69 Å². The van der Waals surface area contributed by atoms with Crippen molar-refractivity contribution in [3.05, 3.63) is 59.7 Å². The first kappa shape index (κ1) is 28.1. The Bertz CT molecular complexity index is 1020. The van der Waals surface area contributed by atoms with E-state index in [9.17, 15) is 13.5 Å². The lowest BCUT2D eigenvalue weighted by atomic mass is 10.0. The SMILES string of the molecule is CC(=O)O.CC(C)c1ccc(S(=O)(=O)N(C)CC(O)CN(C)c2ccc(C(=N)N)cc2)cc1. The molecular weight excluding hydrogens is 444 g/mol. The minimum Gasteiger partial charge on any atom is -0.481 e. The van der Waals surface area contributed by atoms with E-state index in [0.29, 0.717) is 11.5 Å². The van der Waals surface area contributed by atoms with E-state index in [-0.39, 0.29) is 23.8 Å². The Kier molecular flexibility index (Phi) is 10.5. The largest absolute Gasteiger partial charge is 0.481 e. The maximum Gasteiger partial charge on any atom is 0.300 e. The number of hydrogen-bond donors (Lipinski definition) is 4. The summed E-state index contributed by atoms with van der Waals surface area (Å²) in [6, 6.07) is 13.9. The number of carboxylic acid groups (broad SMARTS) is 1. The van der Waals surface area contributed by atoms with E-state index in [0.717, 1.165) is 18.2 Å². The predicted molar refractivity (Wildman–Crippen MR) is 130 cm³/mol. The second-order valence-electron chi connectivity index (χ2n) is 8.02. The summed E-state index contributed by atoms with van der Waals surface area (Å²) < 4.78 is 26.7. The normalized spacial score (nSPS) is 12.1. The lowest BCUT2D eigenvalue weighted by molar-refractivity contribution is -0.134. The summed E-state index contributed by atoms with van der Waals surface area (Å²) in [6.07, 6.45) is -0.873. The zero-order chi connectivity index (χ0) is 25.3. The maximum atomic E-state index is 12.8. The molecule has 0 aromatic heterocycles. The molecule has 9 nitrogen and oxygen atoms in total. The molecule has 0 amide bonds. The van der Waals surface area contributed by atoms with E-state index in [1.807, 2.05) is 24.1 Å². The summed E-state index contributed by atoms with van der Waals surface area (Å²) in [4.78, 5) is 11.0. The first-order valence-electron chi connectivity index (χ1n) is 10.3. The zero-order valence-corrected chi connectivity index (χ0v) is 20.5. The Balaban J connectivity index is 0.00000125. The molecule has 5 N–H and O–H groups in total. The molecule has 1 atom stereocenters. The molecule has 0 radical (unpaired) electrons. The summed E-state index contributed by atoms with van der Waals surface area (Å²) in [5.74, 6) is -0.515. The fourth-order valence-electron chi connectivity index (χ4n) is 2.97. The van der Waals surface area contributed by atoms with E-state index >= 15 is 0 Å². The van der Waals surface area contributed by atoms with E-state index in [1.54, 1.807) is 36.4 Å². The molecule has 33 heavy (non-hydrogen) atoms. The summed E-state index contributed by atoms with van der Waals surface area (Å²) in [7, 11) is -0.395. The van der Waals surface area contributed by atoms with Crippen molar-refractivity contribution in [3.8, 4) is 0 Å². The number of sulfonamides is 1. The smallest absolute Gasteiger partial charge is 0.300 e. The quantitative estimate of drug-likeness (QED) is 0.319. The van der Waals surface area contributed by atoms with Gasteiger partial charge >= 0.3 is 0 Å². The van der Waals surface area contributed by atoms with Gasteiger partial charge in [-0.1, -0.05) is 26.0 Å². The van der Waals surface area contributed by atoms with Gasteiger partial charge in [0.2, 0.25) is 10.0 Å². The molecule has 0 aliphatic rings. The molecule has 1 unspecified atom stereocenters. The van der Waals surface area contributed by atoms with E-state index in [2.05, 4.69) is 13.8 Å². The predicted octanol–water partition coefficient (Wildman–Crippen LogP) is 2.30. The topological polar surface area (TPSA) is 148 Å². The number of carboxylic acids is 1. The van der Waals surface area contributed by atoms with Gasteiger partial charge in [0.05, 0.1) is 11.0 Å². The first-order chi connectivity index (χ1) is 15.2. The molecule has 0 saturated carbocycles. The van der Waals surface area contributed by atoms with Crippen LogP contribution in [0.3, 0.4) is 0 Å². The van der Waals surface area contributed by atoms with E-state index < -0.39 is 22.1 Å². The Morgan fingerprint density at radius 1 is 1.03 bits per heavy atom. The van der Waals surface area contributed by atoms with Crippen LogP contribution in [0.1, 0.15) is 37.8 Å². The lowest BCUT2D eigenvalue weighted by Crippen LogP contribution is -2.40. The number of aliphatic hydroxyl groups excluding tert-OH is 1. The number of hydrogen-bond acceptors (Lipinski definition) is 6. The highest BCUT2D eigenvalue weighted by Gasteiger charge is 2.24. The maximum absolute atomic E-state index is 12.8. The van der Waals surface area contributed by atoms with Crippen molar-refractivity contribution in [2.24, 2.45) is 5.73 Å². The molecule has 2 aromatic rings. The van der Waals surface area contributed by atoms with Crippen LogP contribution < -0.4 is 10.6 Å². The summed E-state index contributed by atoms with van der Waals surface area (Å²) in [6.45, 7) is 5.42.